The Morgan fingerprint density at radius 3 is 2.84 bits per heavy atom. The molecule has 2 aliphatic rings. The summed E-state index contributed by atoms with van der Waals surface area (Å²) in [5, 5.41) is 2.81. The van der Waals surface area contributed by atoms with Crippen molar-refractivity contribution in [2.24, 2.45) is 0 Å². The molecule has 0 fully saturated rings. The molecule has 4 rings (SSSR count). The van der Waals surface area contributed by atoms with Crippen LogP contribution in [0.15, 0.2) is 46.9 Å². The number of rotatable bonds is 5. The molecule has 0 aliphatic carbocycles. The average Bonchev–Trinajstić information content (AvgIpc) is 3.13. The third-order valence-corrected chi connectivity index (χ3v) is 6.81. The summed E-state index contributed by atoms with van der Waals surface area (Å²) in [7, 11) is 1.77. The van der Waals surface area contributed by atoms with Gasteiger partial charge in [-0.25, -0.2) is 0 Å². The van der Waals surface area contributed by atoms with Gasteiger partial charge in [0.25, 0.3) is 0 Å². The first-order chi connectivity index (χ1) is 12.1. The van der Waals surface area contributed by atoms with Crippen LogP contribution in [0.25, 0.3) is 10.8 Å². The van der Waals surface area contributed by atoms with Crippen molar-refractivity contribution in [2.75, 3.05) is 19.5 Å². The fourth-order valence-corrected chi connectivity index (χ4v) is 5.28. The lowest BCUT2D eigenvalue weighted by atomic mass is 9.89. The van der Waals surface area contributed by atoms with E-state index in [9.17, 15) is 0 Å². The summed E-state index contributed by atoms with van der Waals surface area (Å²) in [6, 6.07) is 11.4. The van der Waals surface area contributed by atoms with E-state index in [0.29, 0.717) is 0 Å². The molecule has 130 valence electrons. The van der Waals surface area contributed by atoms with Crippen molar-refractivity contribution >= 4 is 33.9 Å². The molecular formula is C22H26NOS+. The van der Waals surface area contributed by atoms with Gasteiger partial charge in [-0.05, 0) is 19.1 Å². The first-order valence-corrected chi connectivity index (χ1v) is 10.1. The number of thioether (sulfide) groups is 1. The molecule has 3 heteroatoms. The molecule has 2 aromatic rings. The maximum Gasteiger partial charge on any atom is 0.217 e. The van der Waals surface area contributed by atoms with Gasteiger partial charge in [-0.15, -0.1) is 11.8 Å². The van der Waals surface area contributed by atoms with Crippen LogP contribution in [-0.4, -0.2) is 35.3 Å². The van der Waals surface area contributed by atoms with Crippen LogP contribution in [0.2, 0.25) is 0 Å². The third-order valence-electron chi connectivity index (χ3n) is 5.77. The van der Waals surface area contributed by atoms with Gasteiger partial charge >= 0.3 is 0 Å². The lowest BCUT2D eigenvalue weighted by Crippen LogP contribution is -2.32. The predicted octanol–water partition coefficient (Wildman–Crippen LogP) is 5.54. The number of hydrogen-bond donors (Lipinski definition) is 0. The number of nitrogens with zero attached hydrogens (tertiary/aromatic N) is 1. The number of benzene rings is 2. The molecule has 0 spiro atoms. The summed E-state index contributed by atoms with van der Waals surface area (Å²) in [5.41, 5.74) is 5.89. The van der Waals surface area contributed by atoms with Crippen LogP contribution in [0, 0.1) is 0 Å². The van der Waals surface area contributed by atoms with Crippen molar-refractivity contribution in [2.45, 2.75) is 44.0 Å². The van der Waals surface area contributed by atoms with E-state index in [1.165, 1.54) is 38.2 Å². The third kappa shape index (κ3) is 2.40. The highest BCUT2D eigenvalue weighted by Gasteiger charge is 2.51. The number of hydrogen-bond acceptors (Lipinski definition) is 2. The van der Waals surface area contributed by atoms with Crippen LogP contribution in [0.1, 0.15) is 39.2 Å². The second kappa shape index (κ2) is 6.30. The van der Waals surface area contributed by atoms with E-state index < -0.39 is 0 Å². The maximum atomic E-state index is 5.23. The van der Waals surface area contributed by atoms with Crippen LogP contribution < -0.4 is 0 Å². The molecule has 1 unspecified atom stereocenters. The summed E-state index contributed by atoms with van der Waals surface area (Å²) in [5.74, 6) is 0.988. The normalized spacial score (nSPS) is 23.1. The van der Waals surface area contributed by atoms with E-state index in [1.807, 2.05) is 11.8 Å². The SMILES string of the molecule is C/C=C1\CC(C)(CC)[N+]2=C1c1cccc3c(SCCOC)ccc2c13. The molecule has 2 aliphatic heterocycles. The summed E-state index contributed by atoms with van der Waals surface area (Å²) < 4.78 is 7.84. The van der Waals surface area contributed by atoms with Crippen molar-refractivity contribution in [1.82, 2.24) is 0 Å². The second-order valence-corrected chi connectivity index (χ2v) is 8.31. The van der Waals surface area contributed by atoms with Gasteiger partial charge in [0.15, 0.2) is 5.54 Å². The highest BCUT2D eigenvalue weighted by molar-refractivity contribution is 7.99. The molecular weight excluding hydrogens is 326 g/mol. The topological polar surface area (TPSA) is 12.2 Å². The predicted molar refractivity (Wildman–Crippen MR) is 108 cm³/mol. The van der Waals surface area contributed by atoms with Crippen LogP contribution in [0.3, 0.4) is 0 Å². The van der Waals surface area contributed by atoms with Crippen LogP contribution in [-0.2, 0) is 4.74 Å². The minimum Gasteiger partial charge on any atom is -0.384 e. The van der Waals surface area contributed by atoms with Gasteiger partial charge in [-0.3, -0.25) is 0 Å². The second-order valence-electron chi connectivity index (χ2n) is 7.18. The molecule has 2 aromatic carbocycles. The Labute approximate surface area is 154 Å². The van der Waals surface area contributed by atoms with E-state index in [0.717, 1.165) is 25.2 Å². The largest absolute Gasteiger partial charge is 0.384 e. The van der Waals surface area contributed by atoms with Crippen molar-refractivity contribution in [3.63, 3.8) is 0 Å². The van der Waals surface area contributed by atoms with Gasteiger partial charge < -0.3 is 4.74 Å². The van der Waals surface area contributed by atoms with Crippen molar-refractivity contribution in [3.8, 4) is 0 Å². The molecule has 0 bridgehead atoms. The van der Waals surface area contributed by atoms with Gasteiger partial charge in [-0.1, -0.05) is 25.1 Å². The molecule has 0 aromatic heterocycles. The van der Waals surface area contributed by atoms with E-state index in [2.05, 4.69) is 61.8 Å². The minimum absolute atomic E-state index is 0.174. The molecule has 1 atom stereocenters. The Hall–Kier alpha value is -1.58. The fourth-order valence-electron chi connectivity index (χ4n) is 4.32. The lowest BCUT2D eigenvalue weighted by Gasteiger charge is -2.20. The van der Waals surface area contributed by atoms with E-state index in [1.54, 1.807) is 7.11 Å². The van der Waals surface area contributed by atoms with Gasteiger partial charge in [0, 0.05) is 54.5 Å². The fraction of sp³-hybridized carbons (Fsp3) is 0.409. The van der Waals surface area contributed by atoms with E-state index in [4.69, 9.17) is 4.74 Å². The Bertz CT molecular complexity index is 912. The molecule has 0 saturated heterocycles. The number of allylic oxidation sites excluding steroid dienone is 1. The quantitative estimate of drug-likeness (QED) is 0.398. The Morgan fingerprint density at radius 1 is 1.28 bits per heavy atom. The van der Waals surface area contributed by atoms with Gasteiger partial charge in [0.1, 0.15) is 0 Å². The standard InChI is InChI=1S/C22H26NOS/c1-5-15-14-22(3,6-2)23-18-10-11-19(25-13-12-24-4)16-8-7-9-17(20(16)18)21(15)23/h5,7-11H,6,12-14H2,1-4H3/q+1/b15-5+. The summed E-state index contributed by atoms with van der Waals surface area (Å²) in [6.07, 6.45) is 4.59. The zero-order chi connectivity index (χ0) is 17.6. The summed E-state index contributed by atoms with van der Waals surface area (Å²) >= 11 is 1.89. The number of fused-ring (bicyclic) bond motifs is 2. The molecule has 2 heterocycles. The lowest BCUT2D eigenvalue weighted by molar-refractivity contribution is -0.518. The average molecular weight is 353 g/mol. The molecule has 25 heavy (non-hydrogen) atoms. The molecule has 0 radical (unpaired) electrons. The zero-order valence-electron chi connectivity index (χ0n) is 15.6. The molecule has 2 nitrogen and oxygen atoms in total. The molecule has 0 N–H and O–H groups in total. The van der Waals surface area contributed by atoms with Gasteiger partial charge in [-0.2, -0.15) is 4.58 Å². The van der Waals surface area contributed by atoms with Crippen molar-refractivity contribution in [1.29, 1.82) is 0 Å². The summed E-state index contributed by atoms with van der Waals surface area (Å²) in [6.45, 7) is 7.68. The minimum atomic E-state index is 0.174. The van der Waals surface area contributed by atoms with E-state index in [-0.39, 0.29) is 5.54 Å². The van der Waals surface area contributed by atoms with Crippen LogP contribution in [0.4, 0.5) is 5.69 Å². The van der Waals surface area contributed by atoms with Gasteiger partial charge in [0.2, 0.25) is 11.4 Å². The zero-order valence-corrected chi connectivity index (χ0v) is 16.4. The van der Waals surface area contributed by atoms with Crippen molar-refractivity contribution in [3.05, 3.63) is 47.5 Å². The highest BCUT2D eigenvalue weighted by Crippen LogP contribution is 2.49. The Morgan fingerprint density at radius 2 is 2.12 bits per heavy atom. The molecule has 0 amide bonds. The monoisotopic (exact) mass is 352 g/mol. The first-order valence-electron chi connectivity index (χ1n) is 9.15. The van der Waals surface area contributed by atoms with Crippen LogP contribution in [0.5, 0.6) is 0 Å². The van der Waals surface area contributed by atoms with Crippen LogP contribution >= 0.6 is 11.8 Å². The first kappa shape index (κ1) is 16.9. The highest BCUT2D eigenvalue weighted by atomic mass is 32.2. The smallest absolute Gasteiger partial charge is 0.217 e. The Kier molecular flexibility index (Phi) is 4.25. The van der Waals surface area contributed by atoms with E-state index >= 15 is 0 Å². The number of ether oxygens (including phenoxy) is 1. The molecule has 0 saturated carbocycles. The van der Waals surface area contributed by atoms with Gasteiger partial charge in [0.05, 0.1) is 17.6 Å². The summed E-state index contributed by atoms with van der Waals surface area (Å²) in [4.78, 5) is 1.36. The van der Waals surface area contributed by atoms with Crippen molar-refractivity contribution < 1.29 is 9.31 Å². The number of methoxy groups -OCH3 is 1. The Balaban J connectivity index is 1.92. The maximum absolute atomic E-state index is 5.23.